The molecule has 9 heteroatoms. The molecule has 1 aliphatic rings. The Bertz CT molecular complexity index is 730. The van der Waals surface area contributed by atoms with E-state index in [-0.39, 0.29) is 33.2 Å². The molecular weight excluding hydrogens is 377 g/mol. The highest BCUT2D eigenvalue weighted by atomic mass is 35.5. The molecule has 1 aliphatic heterocycles. The maximum atomic E-state index is 12.2. The van der Waals surface area contributed by atoms with Crippen LogP contribution in [0.4, 0.5) is 0 Å². The van der Waals surface area contributed by atoms with E-state index in [1.807, 2.05) is 0 Å². The van der Waals surface area contributed by atoms with Crippen molar-refractivity contribution in [1.29, 1.82) is 0 Å². The third-order valence-corrected chi connectivity index (χ3v) is 5.92. The van der Waals surface area contributed by atoms with Crippen LogP contribution in [0.25, 0.3) is 0 Å². The SMILES string of the molecule is CCN(C(=O)COC(=O)c1cc(Cl)cc(Cl)c1)[C@@H]1CCS(=O)(=O)C1. The van der Waals surface area contributed by atoms with Crippen molar-refractivity contribution in [2.45, 2.75) is 19.4 Å². The van der Waals surface area contributed by atoms with E-state index in [9.17, 15) is 18.0 Å². The number of esters is 1. The number of hydrogen-bond donors (Lipinski definition) is 0. The van der Waals surface area contributed by atoms with Gasteiger partial charge in [-0.1, -0.05) is 23.2 Å². The predicted molar refractivity (Wildman–Crippen MR) is 91.2 cm³/mol. The van der Waals surface area contributed by atoms with Crippen molar-refractivity contribution < 1.29 is 22.7 Å². The van der Waals surface area contributed by atoms with Gasteiger partial charge >= 0.3 is 5.97 Å². The Hall–Kier alpha value is -1.31. The zero-order valence-corrected chi connectivity index (χ0v) is 15.3. The maximum Gasteiger partial charge on any atom is 0.338 e. The molecule has 1 fully saturated rings. The van der Waals surface area contributed by atoms with E-state index in [1.54, 1.807) is 6.92 Å². The molecule has 1 atom stereocenters. The topological polar surface area (TPSA) is 80.8 Å². The number of amides is 1. The Balaban J connectivity index is 1.97. The molecule has 1 heterocycles. The molecule has 1 aromatic carbocycles. The highest BCUT2D eigenvalue weighted by Crippen LogP contribution is 2.20. The average molecular weight is 394 g/mol. The first-order valence-electron chi connectivity index (χ1n) is 7.35. The summed E-state index contributed by atoms with van der Waals surface area (Å²) in [6.45, 7) is 1.63. The summed E-state index contributed by atoms with van der Waals surface area (Å²) in [7, 11) is -3.10. The van der Waals surface area contributed by atoms with Gasteiger partial charge in [0.15, 0.2) is 16.4 Å². The van der Waals surface area contributed by atoms with Gasteiger partial charge in [-0.2, -0.15) is 0 Å². The lowest BCUT2D eigenvalue weighted by atomic mass is 10.2. The number of benzene rings is 1. The molecule has 0 saturated carbocycles. The number of halogens is 2. The highest BCUT2D eigenvalue weighted by molar-refractivity contribution is 7.91. The van der Waals surface area contributed by atoms with Gasteiger partial charge in [0.25, 0.3) is 5.91 Å². The second kappa shape index (κ2) is 7.72. The monoisotopic (exact) mass is 393 g/mol. The summed E-state index contributed by atoms with van der Waals surface area (Å²) in [6, 6.07) is 3.89. The van der Waals surface area contributed by atoms with Gasteiger partial charge in [-0.25, -0.2) is 13.2 Å². The van der Waals surface area contributed by atoms with E-state index in [2.05, 4.69) is 0 Å². The Morgan fingerprint density at radius 3 is 2.38 bits per heavy atom. The fraction of sp³-hybridized carbons (Fsp3) is 0.467. The van der Waals surface area contributed by atoms with E-state index in [0.29, 0.717) is 13.0 Å². The molecule has 1 aromatic rings. The van der Waals surface area contributed by atoms with Gasteiger partial charge in [-0.3, -0.25) is 4.79 Å². The predicted octanol–water partition coefficient (Wildman–Crippen LogP) is 2.19. The lowest BCUT2D eigenvalue weighted by molar-refractivity contribution is -0.136. The van der Waals surface area contributed by atoms with Crippen LogP contribution in [-0.4, -0.2) is 55.9 Å². The molecule has 0 radical (unpaired) electrons. The Morgan fingerprint density at radius 1 is 1.25 bits per heavy atom. The first-order valence-corrected chi connectivity index (χ1v) is 9.92. The minimum Gasteiger partial charge on any atom is -0.452 e. The number of hydrogen-bond acceptors (Lipinski definition) is 5. The summed E-state index contributed by atoms with van der Waals surface area (Å²) >= 11 is 11.6. The number of nitrogens with zero attached hydrogens (tertiary/aromatic N) is 1. The highest BCUT2D eigenvalue weighted by Gasteiger charge is 2.34. The van der Waals surface area contributed by atoms with Crippen LogP contribution in [0.3, 0.4) is 0 Å². The standard InChI is InChI=1S/C15H17Cl2NO5S/c1-2-18(13-3-4-24(21,22)9-13)14(19)8-23-15(20)10-5-11(16)7-12(17)6-10/h5-7,13H,2-4,8-9H2,1H3/t13-/m1/s1. The maximum absolute atomic E-state index is 12.2. The lowest BCUT2D eigenvalue weighted by Crippen LogP contribution is -2.43. The van der Waals surface area contributed by atoms with E-state index in [1.165, 1.54) is 23.1 Å². The molecule has 6 nitrogen and oxygen atoms in total. The summed E-state index contributed by atoms with van der Waals surface area (Å²) in [5, 5.41) is 0.569. The van der Waals surface area contributed by atoms with E-state index >= 15 is 0 Å². The van der Waals surface area contributed by atoms with Gasteiger partial charge in [0, 0.05) is 22.6 Å². The smallest absolute Gasteiger partial charge is 0.338 e. The molecule has 2 rings (SSSR count). The fourth-order valence-electron chi connectivity index (χ4n) is 2.62. The number of carbonyl (C=O) groups is 2. The van der Waals surface area contributed by atoms with Crippen molar-refractivity contribution in [3.8, 4) is 0 Å². The van der Waals surface area contributed by atoms with Crippen molar-refractivity contribution in [3.05, 3.63) is 33.8 Å². The van der Waals surface area contributed by atoms with Gasteiger partial charge in [0.1, 0.15) is 0 Å². The third kappa shape index (κ3) is 4.84. The Labute approximate surface area is 150 Å². The summed E-state index contributed by atoms with van der Waals surface area (Å²) < 4.78 is 28.1. The fourth-order valence-corrected chi connectivity index (χ4v) is 4.88. The van der Waals surface area contributed by atoms with Crippen LogP contribution in [0.5, 0.6) is 0 Å². The van der Waals surface area contributed by atoms with E-state index < -0.39 is 28.3 Å². The van der Waals surface area contributed by atoms with Gasteiger partial charge in [-0.05, 0) is 31.5 Å². The van der Waals surface area contributed by atoms with Crippen LogP contribution >= 0.6 is 23.2 Å². The summed E-state index contributed by atoms with van der Waals surface area (Å²) in [5.41, 5.74) is 0.145. The molecule has 0 aromatic heterocycles. The van der Waals surface area contributed by atoms with Crippen LogP contribution < -0.4 is 0 Å². The largest absolute Gasteiger partial charge is 0.452 e. The van der Waals surface area contributed by atoms with Crippen molar-refractivity contribution in [2.75, 3.05) is 24.7 Å². The lowest BCUT2D eigenvalue weighted by Gasteiger charge is -2.26. The summed E-state index contributed by atoms with van der Waals surface area (Å²) in [5.74, 6) is -1.13. The van der Waals surface area contributed by atoms with Crippen molar-refractivity contribution in [2.24, 2.45) is 0 Å². The molecule has 132 valence electrons. The summed E-state index contributed by atoms with van der Waals surface area (Å²) in [6.07, 6.45) is 0.403. The quantitative estimate of drug-likeness (QED) is 0.716. The van der Waals surface area contributed by atoms with Crippen LogP contribution in [0, 0.1) is 0 Å². The molecule has 24 heavy (non-hydrogen) atoms. The number of carbonyl (C=O) groups excluding carboxylic acids is 2. The number of likely N-dealkylation sites (N-methyl/N-ethyl adjacent to an activating group) is 1. The molecule has 1 amide bonds. The van der Waals surface area contributed by atoms with Crippen molar-refractivity contribution >= 4 is 44.9 Å². The second-order valence-electron chi connectivity index (χ2n) is 5.47. The van der Waals surface area contributed by atoms with Crippen LogP contribution in [0.1, 0.15) is 23.7 Å². The first-order chi connectivity index (χ1) is 11.2. The number of ether oxygens (including phenoxy) is 1. The van der Waals surface area contributed by atoms with Crippen LogP contribution in [-0.2, 0) is 19.4 Å². The zero-order chi connectivity index (χ0) is 17.9. The molecule has 0 bridgehead atoms. The minimum atomic E-state index is -3.10. The van der Waals surface area contributed by atoms with Crippen molar-refractivity contribution in [1.82, 2.24) is 4.90 Å². The van der Waals surface area contributed by atoms with Crippen molar-refractivity contribution in [3.63, 3.8) is 0 Å². The third-order valence-electron chi connectivity index (χ3n) is 3.74. The molecule has 0 unspecified atom stereocenters. The Morgan fingerprint density at radius 2 is 1.88 bits per heavy atom. The molecule has 0 N–H and O–H groups in total. The molecule has 1 saturated heterocycles. The Kier molecular flexibility index (Phi) is 6.11. The van der Waals surface area contributed by atoms with Gasteiger partial charge in [-0.15, -0.1) is 0 Å². The second-order valence-corrected chi connectivity index (χ2v) is 8.57. The van der Waals surface area contributed by atoms with Gasteiger partial charge in [0.2, 0.25) is 0 Å². The molecule has 0 spiro atoms. The number of sulfone groups is 1. The summed E-state index contributed by atoms with van der Waals surface area (Å²) in [4.78, 5) is 25.7. The first kappa shape index (κ1) is 19.0. The normalized spacial score (nSPS) is 19.0. The minimum absolute atomic E-state index is 0.0512. The molecule has 0 aliphatic carbocycles. The average Bonchev–Trinajstić information content (AvgIpc) is 2.84. The van der Waals surface area contributed by atoms with Crippen LogP contribution in [0.2, 0.25) is 10.0 Å². The number of rotatable bonds is 5. The van der Waals surface area contributed by atoms with Crippen LogP contribution in [0.15, 0.2) is 18.2 Å². The zero-order valence-electron chi connectivity index (χ0n) is 13.0. The van der Waals surface area contributed by atoms with Gasteiger partial charge in [0.05, 0.1) is 17.1 Å². The molecular formula is C15H17Cl2NO5S. The van der Waals surface area contributed by atoms with Gasteiger partial charge < -0.3 is 9.64 Å². The van der Waals surface area contributed by atoms with E-state index in [4.69, 9.17) is 27.9 Å². The van der Waals surface area contributed by atoms with E-state index in [0.717, 1.165) is 0 Å².